The van der Waals surface area contributed by atoms with Gasteiger partial charge in [0.05, 0.1) is 11.6 Å². The fourth-order valence-corrected chi connectivity index (χ4v) is 3.01. The summed E-state index contributed by atoms with van der Waals surface area (Å²) >= 11 is 0. The zero-order chi connectivity index (χ0) is 19.3. The number of likely N-dealkylation sites (tertiary alicyclic amines) is 1. The molecule has 0 bridgehead atoms. The molecule has 1 fully saturated rings. The minimum absolute atomic E-state index is 0.210. The standard InChI is InChI=1S/C20H23N3O4/c1-20(18(24)25)8-10-23(14-20)19(26)22-11-16-7-9-21-12-17(16)27-13-15-5-3-2-4-6-15/h2-7,9,12H,8,10-11,13-14H2,1H3,(H,22,26)(H,24,25). The van der Waals surface area contributed by atoms with E-state index in [1.165, 1.54) is 0 Å². The number of carboxylic acid groups (broad SMARTS) is 1. The second-order valence-electron chi connectivity index (χ2n) is 6.95. The number of pyridine rings is 1. The highest BCUT2D eigenvalue weighted by molar-refractivity contribution is 5.79. The summed E-state index contributed by atoms with van der Waals surface area (Å²) in [5.74, 6) is -0.262. The van der Waals surface area contributed by atoms with Crippen LogP contribution in [0.1, 0.15) is 24.5 Å². The van der Waals surface area contributed by atoms with Gasteiger partial charge in [0.1, 0.15) is 12.4 Å². The molecule has 7 nitrogen and oxygen atoms in total. The smallest absolute Gasteiger partial charge is 0.317 e. The molecule has 0 saturated carbocycles. The first-order valence-electron chi connectivity index (χ1n) is 8.84. The fourth-order valence-electron chi connectivity index (χ4n) is 3.01. The van der Waals surface area contributed by atoms with Gasteiger partial charge < -0.3 is 20.1 Å². The summed E-state index contributed by atoms with van der Waals surface area (Å²) in [5.41, 5.74) is 0.980. The minimum Gasteiger partial charge on any atom is -0.487 e. The quantitative estimate of drug-likeness (QED) is 0.817. The maximum atomic E-state index is 12.4. The molecule has 1 aliphatic rings. The van der Waals surface area contributed by atoms with Crippen molar-refractivity contribution in [1.29, 1.82) is 0 Å². The summed E-state index contributed by atoms with van der Waals surface area (Å²) in [6.45, 7) is 3.01. The van der Waals surface area contributed by atoms with E-state index in [4.69, 9.17) is 4.74 Å². The van der Waals surface area contributed by atoms with Gasteiger partial charge >= 0.3 is 12.0 Å². The van der Waals surface area contributed by atoms with Crippen molar-refractivity contribution in [3.8, 4) is 5.75 Å². The number of rotatable bonds is 6. The number of amides is 2. The summed E-state index contributed by atoms with van der Waals surface area (Å²) in [6.07, 6.45) is 3.73. The molecule has 1 saturated heterocycles. The van der Waals surface area contributed by atoms with Gasteiger partial charge in [0.15, 0.2) is 0 Å². The molecule has 1 aromatic carbocycles. The molecule has 1 aliphatic heterocycles. The number of carboxylic acids is 1. The lowest BCUT2D eigenvalue weighted by Crippen LogP contribution is -2.40. The highest BCUT2D eigenvalue weighted by Gasteiger charge is 2.42. The van der Waals surface area contributed by atoms with Crippen LogP contribution in [0.25, 0.3) is 0 Å². The summed E-state index contributed by atoms with van der Waals surface area (Å²) < 4.78 is 5.84. The summed E-state index contributed by atoms with van der Waals surface area (Å²) in [6, 6.07) is 11.3. The van der Waals surface area contributed by atoms with E-state index < -0.39 is 11.4 Å². The van der Waals surface area contributed by atoms with E-state index in [1.54, 1.807) is 30.3 Å². The van der Waals surface area contributed by atoms with Crippen LogP contribution in [0.4, 0.5) is 4.79 Å². The highest BCUT2D eigenvalue weighted by Crippen LogP contribution is 2.30. The third-order valence-corrected chi connectivity index (χ3v) is 4.81. The first-order valence-corrected chi connectivity index (χ1v) is 8.84. The van der Waals surface area contributed by atoms with Crippen molar-refractivity contribution in [3.63, 3.8) is 0 Å². The van der Waals surface area contributed by atoms with Gasteiger partial charge in [-0.05, 0) is 25.0 Å². The Morgan fingerprint density at radius 1 is 1.30 bits per heavy atom. The molecule has 1 unspecified atom stereocenters. The van der Waals surface area contributed by atoms with E-state index in [2.05, 4.69) is 10.3 Å². The van der Waals surface area contributed by atoms with Crippen molar-refractivity contribution in [2.24, 2.45) is 5.41 Å². The molecule has 2 aromatic rings. The van der Waals surface area contributed by atoms with E-state index in [-0.39, 0.29) is 19.1 Å². The predicted molar refractivity (Wildman–Crippen MR) is 99.2 cm³/mol. The van der Waals surface area contributed by atoms with Crippen LogP contribution >= 0.6 is 0 Å². The molecule has 2 heterocycles. The predicted octanol–water partition coefficient (Wildman–Crippen LogP) is 2.67. The van der Waals surface area contributed by atoms with Crippen LogP contribution in [-0.4, -0.2) is 40.1 Å². The van der Waals surface area contributed by atoms with Crippen molar-refractivity contribution >= 4 is 12.0 Å². The van der Waals surface area contributed by atoms with Gasteiger partial charge in [0.2, 0.25) is 0 Å². The monoisotopic (exact) mass is 369 g/mol. The average Bonchev–Trinajstić information content (AvgIpc) is 3.10. The largest absolute Gasteiger partial charge is 0.487 e. The lowest BCUT2D eigenvalue weighted by Gasteiger charge is -2.21. The van der Waals surface area contributed by atoms with Crippen molar-refractivity contribution in [3.05, 3.63) is 59.9 Å². The normalized spacial score (nSPS) is 18.9. The lowest BCUT2D eigenvalue weighted by atomic mass is 9.90. The number of hydrogen-bond donors (Lipinski definition) is 2. The lowest BCUT2D eigenvalue weighted by molar-refractivity contribution is -0.147. The first kappa shape index (κ1) is 18.7. The molecule has 2 amide bonds. The Kier molecular flexibility index (Phi) is 5.59. The number of aromatic nitrogens is 1. The molecule has 0 aliphatic carbocycles. The van der Waals surface area contributed by atoms with Gasteiger partial charge in [-0.15, -0.1) is 0 Å². The van der Waals surface area contributed by atoms with Crippen LogP contribution in [0.3, 0.4) is 0 Å². The third kappa shape index (κ3) is 4.55. The second kappa shape index (κ2) is 8.07. The Balaban J connectivity index is 1.57. The van der Waals surface area contributed by atoms with Gasteiger partial charge in [-0.25, -0.2) is 4.79 Å². The van der Waals surface area contributed by atoms with E-state index in [0.29, 0.717) is 25.3 Å². The average molecular weight is 369 g/mol. The van der Waals surface area contributed by atoms with E-state index in [1.807, 2.05) is 30.3 Å². The Morgan fingerprint density at radius 2 is 2.07 bits per heavy atom. The summed E-state index contributed by atoms with van der Waals surface area (Å²) in [4.78, 5) is 29.3. The molecule has 7 heteroatoms. The summed E-state index contributed by atoms with van der Waals surface area (Å²) in [5, 5.41) is 12.1. The number of urea groups is 1. The number of carbonyl (C=O) groups excluding carboxylic acids is 1. The zero-order valence-electron chi connectivity index (χ0n) is 15.2. The molecule has 2 N–H and O–H groups in total. The highest BCUT2D eigenvalue weighted by atomic mass is 16.5. The van der Waals surface area contributed by atoms with Crippen molar-refractivity contribution < 1.29 is 19.4 Å². The summed E-state index contributed by atoms with van der Waals surface area (Å²) in [7, 11) is 0. The molecular weight excluding hydrogens is 346 g/mol. The molecule has 1 aromatic heterocycles. The van der Waals surface area contributed by atoms with Crippen molar-refractivity contribution in [2.75, 3.05) is 13.1 Å². The molecule has 0 spiro atoms. The Morgan fingerprint density at radius 3 is 2.78 bits per heavy atom. The van der Waals surface area contributed by atoms with E-state index in [9.17, 15) is 14.7 Å². The third-order valence-electron chi connectivity index (χ3n) is 4.81. The van der Waals surface area contributed by atoms with Crippen LogP contribution < -0.4 is 10.1 Å². The van der Waals surface area contributed by atoms with Crippen molar-refractivity contribution in [1.82, 2.24) is 15.2 Å². The van der Waals surface area contributed by atoms with Crippen LogP contribution in [0.5, 0.6) is 5.75 Å². The van der Waals surface area contributed by atoms with Gasteiger partial charge in [-0.3, -0.25) is 9.78 Å². The number of hydrogen-bond acceptors (Lipinski definition) is 4. The second-order valence-corrected chi connectivity index (χ2v) is 6.95. The van der Waals surface area contributed by atoms with Crippen LogP contribution in [0.2, 0.25) is 0 Å². The Bertz CT molecular complexity index is 812. The van der Waals surface area contributed by atoms with E-state index >= 15 is 0 Å². The van der Waals surface area contributed by atoms with Crippen LogP contribution in [0.15, 0.2) is 48.8 Å². The maximum Gasteiger partial charge on any atom is 0.317 e. The topological polar surface area (TPSA) is 91.8 Å². The maximum absolute atomic E-state index is 12.4. The SMILES string of the molecule is CC1(C(=O)O)CCN(C(=O)NCc2ccncc2OCc2ccccc2)C1. The fraction of sp³-hybridized carbons (Fsp3) is 0.350. The number of benzene rings is 1. The van der Waals surface area contributed by atoms with Gasteiger partial charge in [0, 0.05) is 31.4 Å². The molecule has 0 radical (unpaired) electrons. The Hall–Kier alpha value is -3.09. The van der Waals surface area contributed by atoms with E-state index in [0.717, 1.165) is 11.1 Å². The number of carbonyl (C=O) groups is 2. The molecular formula is C20H23N3O4. The van der Waals surface area contributed by atoms with Gasteiger partial charge in [0.25, 0.3) is 0 Å². The number of nitrogens with one attached hydrogen (secondary N) is 1. The van der Waals surface area contributed by atoms with Gasteiger partial charge in [-0.2, -0.15) is 0 Å². The Labute approximate surface area is 158 Å². The number of nitrogens with zero attached hydrogens (tertiary/aromatic N) is 2. The van der Waals surface area contributed by atoms with Crippen molar-refractivity contribution in [2.45, 2.75) is 26.5 Å². The van der Waals surface area contributed by atoms with Crippen LogP contribution in [0, 0.1) is 5.41 Å². The minimum atomic E-state index is -0.877. The number of aliphatic carboxylic acids is 1. The van der Waals surface area contributed by atoms with Gasteiger partial charge in [-0.1, -0.05) is 30.3 Å². The molecule has 1 atom stereocenters. The molecule has 27 heavy (non-hydrogen) atoms. The van der Waals surface area contributed by atoms with Crippen LogP contribution in [-0.2, 0) is 17.9 Å². The number of ether oxygens (including phenoxy) is 1. The molecule has 142 valence electrons. The first-order chi connectivity index (χ1) is 13.0. The zero-order valence-corrected chi connectivity index (χ0v) is 15.2. The molecule has 3 rings (SSSR count).